The first-order chi connectivity index (χ1) is 10.5. The van der Waals surface area contributed by atoms with Crippen LogP contribution in [0.4, 0.5) is 11.4 Å². The fourth-order valence-electron chi connectivity index (χ4n) is 2.36. The van der Waals surface area contributed by atoms with E-state index in [-0.39, 0.29) is 11.3 Å². The quantitative estimate of drug-likeness (QED) is 0.909. The van der Waals surface area contributed by atoms with Gasteiger partial charge in [-0.2, -0.15) is 5.26 Å². The average molecular weight is 292 g/mol. The number of aryl methyl sites for hydroxylation is 1. The summed E-state index contributed by atoms with van der Waals surface area (Å²) in [6.07, 6.45) is 3.25. The Hall–Kier alpha value is -2.87. The Kier molecular flexibility index (Phi) is 3.30. The average Bonchev–Trinajstić information content (AvgIpc) is 3.31. The van der Waals surface area contributed by atoms with Gasteiger partial charge in [0, 0.05) is 11.9 Å². The fraction of sp³-hybridized carbons (Fsp3) is 0.235. The van der Waals surface area contributed by atoms with E-state index in [2.05, 4.69) is 16.4 Å². The van der Waals surface area contributed by atoms with Crippen molar-refractivity contribution in [2.75, 3.05) is 11.1 Å². The number of carbonyl (C=O) groups is 1. The number of nitrogens with zero attached hydrogens (tertiary/aromatic N) is 2. The molecule has 0 saturated heterocycles. The molecule has 1 heterocycles. The largest absolute Gasteiger partial charge is 0.397 e. The molecule has 1 aliphatic carbocycles. The first kappa shape index (κ1) is 14.1. The first-order valence-corrected chi connectivity index (χ1v) is 7.09. The number of amides is 1. The van der Waals surface area contributed by atoms with Gasteiger partial charge in [-0.25, -0.2) is 0 Å². The molecule has 3 rings (SSSR count). The minimum absolute atomic E-state index is 0.266. The number of hydrogen-bond donors (Lipinski definition) is 2. The third-order valence-electron chi connectivity index (χ3n) is 4.03. The molecule has 0 atom stereocenters. The zero-order chi connectivity index (χ0) is 15.7. The third-order valence-corrected chi connectivity index (χ3v) is 4.03. The number of anilines is 2. The summed E-state index contributed by atoms with van der Waals surface area (Å²) in [4.78, 5) is 16.3. The molecule has 1 fully saturated rings. The van der Waals surface area contributed by atoms with Crippen molar-refractivity contribution in [1.29, 1.82) is 5.26 Å². The first-order valence-electron chi connectivity index (χ1n) is 7.09. The molecule has 0 radical (unpaired) electrons. The predicted molar refractivity (Wildman–Crippen MR) is 84.3 cm³/mol. The molecule has 0 unspecified atom stereocenters. The Morgan fingerprint density at radius 3 is 2.82 bits per heavy atom. The maximum Gasteiger partial charge on any atom is 0.257 e. The second-order valence-electron chi connectivity index (χ2n) is 5.63. The lowest BCUT2D eigenvalue weighted by Crippen LogP contribution is -2.14. The molecule has 1 amide bonds. The molecule has 5 nitrogen and oxygen atoms in total. The lowest BCUT2D eigenvalue weighted by Gasteiger charge is -2.10. The van der Waals surface area contributed by atoms with Crippen molar-refractivity contribution in [3.05, 3.63) is 53.3 Å². The minimum atomic E-state index is -0.365. The predicted octanol–water partition coefficient (Wildman–Crippen LogP) is 2.78. The summed E-state index contributed by atoms with van der Waals surface area (Å²) in [7, 11) is 0. The molecule has 0 aliphatic heterocycles. The van der Waals surface area contributed by atoms with Gasteiger partial charge in [0.05, 0.1) is 28.4 Å². The van der Waals surface area contributed by atoms with Crippen LogP contribution in [0.3, 0.4) is 0 Å². The molecular weight excluding hydrogens is 276 g/mol. The van der Waals surface area contributed by atoms with Crippen LogP contribution < -0.4 is 11.1 Å². The zero-order valence-electron chi connectivity index (χ0n) is 12.3. The number of carbonyl (C=O) groups excluding carboxylic acids is 1. The summed E-state index contributed by atoms with van der Waals surface area (Å²) in [5.41, 5.74) is 8.64. The maximum atomic E-state index is 12.3. The SMILES string of the molecule is Cc1ncc(C(=O)Nc2cccc(C3(C#N)CC3)c2)cc1N. The van der Waals surface area contributed by atoms with Gasteiger partial charge in [0.25, 0.3) is 5.91 Å². The maximum absolute atomic E-state index is 12.3. The third kappa shape index (κ3) is 2.51. The van der Waals surface area contributed by atoms with Crippen molar-refractivity contribution in [2.24, 2.45) is 0 Å². The highest BCUT2D eigenvalue weighted by molar-refractivity contribution is 6.04. The van der Waals surface area contributed by atoms with Crippen LogP contribution in [-0.2, 0) is 5.41 Å². The van der Waals surface area contributed by atoms with E-state index >= 15 is 0 Å². The number of nitrogen functional groups attached to an aromatic ring is 1. The number of nitrogens with two attached hydrogens (primary N) is 1. The number of rotatable bonds is 3. The normalized spacial score (nSPS) is 14.9. The van der Waals surface area contributed by atoms with Crippen molar-refractivity contribution < 1.29 is 4.79 Å². The van der Waals surface area contributed by atoms with Gasteiger partial charge in [0.15, 0.2) is 0 Å². The van der Waals surface area contributed by atoms with Gasteiger partial charge in [0.1, 0.15) is 0 Å². The van der Waals surface area contributed by atoms with Crippen LogP contribution in [0.15, 0.2) is 36.5 Å². The number of nitrogens with one attached hydrogen (secondary N) is 1. The highest BCUT2D eigenvalue weighted by Crippen LogP contribution is 2.47. The molecule has 110 valence electrons. The summed E-state index contributed by atoms with van der Waals surface area (Å²) < 4.78 is 0. The Labute approximate surface area is 128 Å². The highest BCUT2D eigenvalue weighted by atomic mass is 16.1. The standard InChI is InChI=1S/C17H16N4O/c1-11-15(19)7-12(9-20-11)16(22)21-14-4-2-3-13(8-14)17(10-18)5-6-17/h2-4,7-9H,5-6,19H2,1H3,(H,21,22). The summed E-state index contributed by atoms with van der Waals surface area (Å²) >= 11 is 0. The lowest BCUT2D eigenvalue weighted by atomic mass is 9.97. The van der Waals surface area contributed by atoms with Crippen LogP contribution in [0, 0.1) is 18.3 Å². The van der Waals surface area contributed by atoms with E-state index in [1.807, 2.05) is 18.2 Å². The molecular formula is C17H16N4O. The van der Waals surface area contributed by atoms with Crippen LogP contribution in [0.2, 0.25) is 0 Å². The van der Waals surface area contributed by atoms with Gasteiger partial charge in [-0.1, -0.05) is 12.1 Å². The van der Waals surface area contributed by atoms with Gasteiger partial charge < -0.3 is 11.1 Å². The highest BCUT2D eigenvalue weighted by Gasteiger charge is 2.44. The van der Waals surface area contributed by atoms with E-state index in [0.717, 1.165) is 18.4 Å². The Balaban J connectivity index is 1.81. The summed E-state index contributed by atoms with van der Waals surface area (Å²) in [6, 6.07) is 11.4. The number of benzene rings is 1. The molecule has 0 bridgehead atoms. The second kappa shape index (κ2) is 5.15. The molecule has 0 spiro atoms. The molecule has 1 saturated carbocycles. The van der Waals surface area contributed by atoms with Crippen molar-refractivity contribution in [3.63, 3.8) is 0 Å². The number of hydrogen-bond acceptors (Lipinski definition) is 4. The fourth-order valence-corrected chi connectivity index (χ4v) is 2.36. The van der Waals surface area contributed by atoms with Gasteiger partial charge in [-0.3, -0.25) is 9.78 Å². The van der Waals surface area contributed by atoms with Crippen molar-refractivity contribution in [3.8, 4) is 6.07 Å². The molecule has 22 heavy (non-hydrogen) atoms. The van der Waals surface area contributed by atoms with Crippen molar-refractivity contribution in [1.82, 2.24) is 4.98 Å². The van der Waals surface area contributed by atoms with E-state index < -0.39 is 0 Å². The van der Waals surface area contributed by atoms with Crippen LogP contribution in [0.25, 0.3) is 0 Å². The molecule has 3 N–H and O–H groups in total. The second-order valence-corrected chi connectivity index (χ2v) is 5.63. The van der Waals surface area contributed by atoms with Crippen molar-refractivity contribution in [2.45, 2.75) is 25.2 Å². The Bertz CT molecular complexity index is 787. The number of aromatic nitrogens is 1. The lowest BCUT2D eigenvalue weighted by molar-refractivity contribution is 0.102. The van der Waals surface area contributed by atoms with Crippen LogP contribution in [0.5, 0.6) is 0 Å². The van der Waals surface area contributed by atoms with E-state index in [1.165, 1.54) is 6.20 Å². The van der Waals surface area contributed by atoms with Crippen LogP contribution in [-0.4, -0.2) is 10.9 Å². The Morgan fingerprint density at radius 1 is 1.41 bits per heavy atom. The molecule has 1 aromatic carbocycles. The van der Waals surface area contributed by atoms with E-state index in [0.29, 0.717) is 22.6 Å². The van der Waals surface area contributed by atoms with Gasteiger partial charge >= 0.3 is 0 Å². The smallest absolute Gasteiger partial charge is 0.257 e. The topological polar surface area (TPSA) is 91.8 Å². The van der Waals surface area contributed by atoms with E-state index in [1.54, 1.807) is 19.1 Å². The van der Waals surface area contributed by atoms with E-state index in [4.69, 9.17) is 5.73 Å². The zero-order valence-corrected chi connectivity index (χ0v) is 12.3. The Morgan fingerprint density at radius 2 is 2.18 bits per heavy atom. The van der Waals surface area contributed by atoms with E-state index in [9.17, 15) is 10.1 Å². The molecule has 2 aromatic rings. The number of pyridine rings is 1. The minimum Gasteiger partial charge on any atom is -0.397 e. The van der Waals surface area contributed by atoms with Crippen LogP contribution >= 0.6 is 0 Å². The summed E-state index contributed by atoms with van der Waals surface area (Å²) in [5.74, 6) is -0.266. The number of nitriles is 1. The van der Waals surface area contributed by atoms with Gasteiger partial charge in [-0.05, 0) is 43.5 Å². The molecule has 1 aromatic heterocycles. The van der Waals surface area contributed by atoms with Crippen molar-refractivity contribution >= 4 is 17.3 Å². The summed E-state index contributed by atoms with van der Waals surface area (Å²) in [6.45, 7) is 1.79. The molecule has 5 heteroatoms. The molecule has 1 aliphatic rings. The van der Waals surface area contributed by atoms with Gasteiger partial charge in [0.2, 0.25) is 0 Å². The van der Waals surface area contributed by atoms with Gasteiger partial charge in [-0.15, -0.1) is 0 Å². The monoisotopic (exact) mass is 292 g/mol. The summed E-state index contributed by atoms with van der Waals surface area (Å²) in [5, 5.41) is 12.1. The van der Waals surface area contributed by atoms with Crippen LogP contribution in [0.1, 0.15) is 34.5 Å².